The lowest BCUT2D eigenvalue weighted by Gasteiger charge is -2.41. The first-order chi connectivity index (χ1) is 8.83. The second-order valence-corrected chi connectivity index (χ2v) is 7.47. The Morgan fingerprint density at radius 1 is 1.16 bits per heavy atom. The highest BCUT2D eigenvalue weighted by atomic mass is 79.9. The maximum Gasteiger partial charge on any atom is 0.309 e. The molecule has 0 heterocycles. The summed E-state index contributed by atoms with van der Waals surface area (Å²) in [6.07, 6.45) is 4.20. The van der Waals surface area contributed by atoms with Gasteiger partial charge in [-0.3, -0.25) is 4.79 Å². The number of carbonyl (C=O) groups is 1. The minimum absolute atomic E-state index is 0.290. The van der Waals surface area contributed by atoms with Crippen LogP contribution in [-0.4, -0.2) is 11.1 Å². The van der Waals surface area contributed by atoms with E-state index in [0.29, 0.717) is 11.8 Å². The molecule has 0 aromatic heterocycles. The topological polar surface area (TPSA) is 37.3 Å². The van der Waals surface area contributed by atoms with Crippen molar-refractivity contribution in [2.45, 2.75) is 46.0 Å². The Balaban J connectivity index is 2.17. The Morgan fingerprint density at radius 3 is 2.16 bits per heavy atom. The molecule has 1 aromatic rings. The number of aliphatic carboxylic acids is 1. The molecule has 1 aliphatic carbocycles. The molecule has 0 aliphatic heterocycles. The fourth-order valence-corrected chi connectivity index (χ4v) is 3.13. The zero-order chi connectivity index (χ0) is 14.1. The minimum atomic E-state index is -0.633. The Morgan fingerprint density at radius 2 is 1.68 bits per heavy atom. The Labute approximate surface area is 123 Å². The monoisotopic (exact) mass is 324 g/mol. The van der Waals surface area contributed by atoms with Crippen LogP contribution in [0.1, 0.15) is 45.1 Å². The minimum Gasteiger partial charge on any atom is -0.481 e. The van der Waals surface area contributed by atoms with Crippen molar-refractivity contribution < 1.29 is 9.90 Å². The largest absolute Gasteiger partial charge is 0.481 e. The van der Waals surface area contributed by atoms with Crippen molar-refractivity contribution in [2.75, 3.05) is 0 Å². The van der Waals surface area contributed by atoms with Gasteiger partial charge in [0, 0.05) is 4.47 Å². The Bertz CT molecular complexity index is 452. The lowest BCUT2D eigenvalue weighted by Crippen LogP contribution is -2.39. The van der Waals surface area contributed by atoms with Gasteiger partial charge in [0.2, 0.25) is 0 Å². The van der Waals surface area contributed by atoms with E-state index in [1.54, 1.807) is 0 Å². The summed E-state index contributed by atoms with van der Waals surface area (Å²) in [7, 11) is 0. The molecule has 0 radical (unpaired) electrons. The molecule has 1 saturated carbocycles. The van der Waals surface area contributed by atoms with Crippen LogP contribution in [0.25, 0.3) is 0 Å². The Hall–Kier alpha value is -0.830. The predicted molar refractivity (Wildman–Crippen MR) is 80.2 cm³/mol. The quantitative estimate of drug-likeness (QED) is 0.877. The first kappa shape index (κ1) is 14.6. The van der Waals surface area contributed by atoms with Crippen molar-refractivity contribution >= 4 is 21.9 Å². The number of carboxylic acid groups (broad SMARTS) is 1. The van der Waals surface area contributed by atoms with Crippen molar-refractivity contribution in [1.29, 1.82) is 0 Å². The average Bonchev–Trinajstić information content (AvgIpc) is 2.35. The molecule has 19 heavy (non-hydrogen) atoms. The van der Waals surface area contributed by atoms with Crippen molar-refractivity contribution in [3.8, 4) is 0 Å². The van der Waals surface area contributed by atoms with Gasteiger partial charge in [-0.25, -0.2) is 0 Å². The summed E-state index contributed by atoms with van der Waals surface area (Å²) in [5.74, 6) is -0.633. The molecule has 0 bridgehead atoms. The third kappa shape index (κ3) is 3.38. The van der Waals surface area contributed by atoms with Crippen molar-refractivity contribution in [2.24, 2.45) is 10.8 Å². The van der Waals surface area contributed by atoms with Crippen LogP contribution in [0, 0.1) is 10.8 Å². The smallest absolute Gasteiger partial charge is 0.309 e. The normalized spacial score (nSPS) is 21.0. The van der Waals surface area contributed by atoms with Gasteiger partial charge in [0.05, 0.1) is 5.41 Å². The second kappa shape index (κ2) is 5.28. The van der Waals surface area contributed by atoms with Crippen LogP contribution in [0.5, 0.6) is 0 Å². The second-order valence-electron chi connectivity index (χ2n) is 6.55. The van der Waals surface area contributed by atoms with Crippen LogP contribution in [0.2, 0.25) is 0 Å². The summed E-state index contributed by atoms with van der Waals surface area (Å²) in [6, 6.07) is 8.01. The van der Waals surface area contributed by atoms with Crippen LogP contribution in [0.3, 0.4) is 0 Å². The van der Waals surface area contributed by atoms with E-state index in [1.165, 1.54) is 0 Å². The summed E-state index contributed by atoms with van der Waals surface area (Å²) in [6.45, 7) is 4.47. The molecule has 104 valence electrons. The SMILES string of the molecule is CC1(C)CCC(Cc2ccc(Br)cc2)(C(=O)O)CC1. The molecule has 0 atom stereocenters. The van der Waals surface area contributed by atoms with E-state index in [-0.39, 0.29) is 0 Å². The summed E-state index contributed by atoms with van der Waals surface area (Å²) < 4.78 is 1.03. The number of benzene rings is 1. The molecule has 2 rings (SSSR count). The van der Waals surface area contributed by atoms with E-state index in [9.17, 15) is 9.90 Å². The fourth-order valence-electron chi connectivity index (χ4n) is 2.86. The van der Waals surface area contributed by atoms with Crippen molar-refractivity contribution in [1.82, 2.24) is 0 Å². The standard InChI is InChI=1S/C16H21BrO2/c1-15(2)7-9-16(10-8-15,14(18)19)11-12-3-5-13(17)6-4-12/h3-6H,7-11H2,1-2H3,(H,18,19). The Kier molecular flexibility index (Phi) is 4.05. The molecule has 1 fully saturated rings. The van der Waals surface area contributed by atoms with E-state index in [2.05, 4.69) is 29.8 Å². The first-order valence-corrected chi connectivity index (χ1v) is 7.60. The third-order valence-corrected chi connectivity index (χ3v) is 5.00. The highest BCUT2D eigenvalue weighted by Crippen LogP contribution is 2.47. The molecular formula is C16H21BrO2. The lowest BCUT2D eigenvalue weighted by atomic mass is 9.63. The third-order valence-electron chi connectivity index (χ3n) is 4.47. The van der Waals surface area contributed by atoms with Gasteiger partial charge in [0.25, 0.3) is 0 Å². The maximum atomic E-state index is 11.7. The van der Waals surface area contributed by atoms with Crippen LogP contribution < -0.4 is 0 Å². The molecule has 0 unspecified atom stereocenters. The first-order valence-electron chi connectivity index (χ1n) is 6.81. The van der Waals surface area contributed by atoms with E-state index in [0.717, 1.165) is 35.7 Å². The average molecular weight is 325 g/mol. The number of hydrogen-bond acceptors (Lipinski definition) is 1. The van der Waals surface area contributed by atoms with Crippen LogP contribution in [0.4, 0.5) is 0 Å². The molecule has 3 heteroatoms. The lowest BCUT2D eigenvalue weighted by molar-refractivity contribution is -0.152. The van der Waals surface area contributed by atoms with Gasteiger partial charge < -0.3 is 5.11 Å². The molecule has 1 N–H and O–H groups in total. The molecule has 1 aliphatic rings. The van der Waals surface area contributed by atoms with Gasteiger partial charge >= 0.3 is 5.97 Å². The van der Waals surface area contributed by atoms with Crippen molar-refractivity contribution in [3.05, 3.63) is 34.3 Å². The van der Waals surface area contributed by atoms with Gasteiger partial charge in [0.15, 0.2) is 0 Å². The fraction of sp³-hybridized carbons (Fsp3) is 0.562. The zero-order valence-electron chi connectivity index (χ0n) is 11.6. The molecule has 1 aromatic carbocycles. The van der Waals surface area contributed by atoms with E-state index in [4.69, 9.17) is 0 Å². The highest BCUT2D eigenvalue weighted by Gasteiger charge is 2.43. The zero-order valence-corrected chi connectivity index (χ0v) is 13.2. The maximum absolute atomic E-state index is 11.7. The molecule has 0 saturated heterocycles. The van der Waals surface area contributed by atoms with Crippen LogP contribution >= 0.6 is 15.9 Å². The van der Waals surface area contributed by atoms with Crippen LogP contribution in [0.15, 0.2) is 28.7 Å². The van der Waals surface area contributed by atoms with Gasteiger partial charge in [-0.2, -0.15) is 0 Å². The summed E-state index contributed by atoms with van der Waals surface area (Å²) >= 11 is 3.41. The summed E-state index contributed by atoms with van der Waals surface area (Å²) in [4.78, 5) is 11.7. The van der Waals surface area contributed by atoms with Gasteiger partial charge in [-0.05, 0) is 55.2 Å². The van der Waals surface area contributed by atoms with Crippen molar-refractivity contribution in [3.63, 3.8) is 0 Å². The highest BCUT2D eigenvalue weighted by molar-refractivity contribution is 9.10. The van der Waals surface area contributed by atoms with E-state index in [1.807, 2.05) is 24.3 Å². The number of halogens is 1. The van der Waals surface area contributed by atoms with E-state index < -0.39 is 11.4 Å². The van der Waals surface area contributed by atoms with Gasteiger partial charge in [-0.15, -0.1) is 0 Å². The summed E-state index contributed by atoms with van der Waals surface area (Å²) in [5, 5.41) is 9.67. The molecular weight excluding hydrogens is 304 g/mol. The number of hydrogen-bond donors (Lipinski definition) is 1. The molecule has 2 nitrogen and oxygen atoms in total. The number of rotatable bonds is 3. The van der Waals surface area contributed by atoms with Gasteiger partial charge in [-0.1, -0.05) is 41.9 Å². The number of carboxylic acids is 1. The molecule has 0 spiro atoms. The van der Waals surface area contributed by atoms with E-state index >= 15 is 0 Å². The predicted octanol–water partition coefficient (Wildman–Crippen LogP) is 4.66. The van der Waals surface area contributed by atoms with Gasteiger partial charge in [0.1, 0.15) is 0 Å². The summed E-state index contributed by atoms with van der Waals surface area (Å²) in [5.41, 5.74) is 0.840. The molecule has 0 amide bonds. The van der Waals surface area contributed by atoms with Crippen LogP contribution in [-0.2, 0) is 11.2 Å².